The van der Waals surface area contributed by atoms with Crippen LogP contribution >= 0.6 is 0 Å². The maximum Gasteiger partial charge on any atom is 0.263 e. The van der Waals surface area contributed by atoms with Gasteiger partial charge in [0, 0.05) is 23.2 Å². The first kappa shape index (κ1) is 28.1. The van der Waals surface area contributed by atoms with Gasteiger partial charge in [0.2, 0.25) is 5.91 Å². The minimum atomic E-state index is -2.59. The van der Waals surface area contributed by atoms with Gasteiger partial charge in [0.05, 0.1) is 42.5 Å². The SMILES string of the molecule is C[C@@H]1[C@@H]([Si](C)(C)O)[C@H](CC(=O)N2CCC[C@H]2CO)O[C@@H]1CCc1ccc(N2C(=O)c3cccc4cccc2c34)cc1. The molecule has 0 aromatic heterocycles. The first-order valence-corrected chi connectivity index (χ1v) is 17.9. The van der Waals surface area contributed by atoms with Gasteiger partial charge in [0.15, 0.2) is 8.32 Å². The number of carbonyl (C=O) groups is 2. The molecule has 0 unspecified atom stereocenters. The lowest BCUT2D eigenvalue weighted by molar-refractivity contribution is -0.135. The number of aryl methyl sites for hydroxylation is 1. The van der Waals surface area contributed by atoms with Crippen LogP contribution in [0.25, 0.3) is 10.8 Å². The van der Waals surface area contributed by atoms with E-state index in [2.05, 4.69) is 19.1 Å². The predicted molar refractivity (Wildman–Crippen MR) is 163 cm³/mol. The number of aliphatic hydroxyl groups excluding tert-OH is 1. The summed E-state index contributed by atoms with van der Waals surface area (Å²) in [6.07, 6.45) is 3.26. The number of rotatable bonds is 8. The second-order valence-electron chi connectivity index (χ2n) is 12.5. The van der Waals surface area contributed by atoms with E-state index >= 15 is 0 Å². The maximum absolute atomic E-state index is 13.3. The number of hydrogen-bond donors (Lipinski definition) is 2. The Morgan fingerprint density at radius 3 is 2.49 bits per heavy atom. The summed E-state index contributed by atoms with van der Waals surface area (Å²) in [6, 6.07) is 20.0. The van der Waals surface area contributed by atoms with Crippen LogP contribution in [-0.2, 0) is 16.0 Å². The summed E-state index contributed by atoms with van der Waals surface area (Å²) in [6.45, 7) is 6.72. The van der Waals surface area contributed by atoms with Gasteiger partial charge in [-0.3, -0.25) is 14.5 Å². The number of nitrogens with zero attached hydrogens (tertiary/aromatic N) is 2. The van der Waals surface area contributed by atoms with Gasteiger partial charge in [-0.15, -0.1) is 0 Å². The summed E-state index contributed by atoms with van der Waals surface area (Å²) in [7, 11) is -2.59. The van der Waals surface area contributed by atoms with Crippen molar-refractivity contribution in [2.75, 3.05) is 18.1 Å². The molecule has 5 atom stereocenters. The highest BCUT2D eigenvalue weighted by molar-refractivity contribution is 6.71. The zero-order valence-corrected chi connectivity index (χ0v) is 25.1. The lowest BCUT2D eigenvalue weighted by Gasteiger charge is -2.31. The topological polar surface area (TPSA) is 90.3 Å². The molecule has 41 heavy (non-hydrogen) atoms. The standard InChI is InChI=1S/C33H40N2O5Si/c1-21-28(40-29(32(21)41(2,3)39)19-30(37)34-18-6-9-25(34)20-36)17-14-22-12-15-24(16-13-22)35-27-11-5-8-23-7-4-10-26(31(23)27)33(35)38/h4-5,7-8,10-13,15-16,21,25,28-29,32,36,39H,6,9,14,17-20H2,1-3H3/t21-,25-,28+,29-,32+/m0/s1. The van der Waals surface area contributed by atoms with Gasteiger partial charge >= 0.3 is 0 Å². The second-order valence-corrected chi connectivity index (χ2v) is 16.5. The van der Waals surface area contributed by atoms with Crippen molar-refractivity contribution in [3.8, 4) is 0 Å². The summed E-state index contributed by atoms with van der Waals surface area (Å²) in [4.78, 5) is 41.2. The number of ether oxygens (including phenoxy) is 1. The van der Waals surface area contributed by atoms with E-state index in [1.165, 1.54) is 0 Å². The minimum absolute atomic E-state index is 0.000569. The normalized spacial score (nSPS) is 26.0. The minimum Gasteiger partial charge on any atom is -0.432 e. The molecule has 3 aliphatic rings. The molecule has 0 aliphatic carbocycles. The molecule has 7 nitrogen and oxygen atoms in total. The molecule has 0 spiro atoms. The highest BCUT2D eigenvalue weighted by Crippen LogP contribution is 2.46. The molecule has 2 N–H and O–H groups in total. The van der Waals surface area contributed by atoms with Crippen molar-refractivity contribution >= 4 is 42.3 Å². The summed E-state index contributed by atoms with van der Waals surface area (Å²) < 4.78 is 6.53. The van der Waals surface area contributed by atoms with Crippen LogP contribution in [0.3, 0.4) is 0 Å². The lowest BCUT2D eigenvalue weighted by Crippen LogP contribution is -2.43. The van der Waals surface area contributed by atoms with Gasteiger partial charge in [-0.25, -0.2) is 0 Å². The largest absolute Gasteiger partial charge is 0.432 e. The predicted octanol–water partition coefficient (Wildman–Crippen LogP) is 5.41. The van der Waals surface area contributed by atoms with Gasteiger partial charge < -0.3 is 19.5 Å². The van der Waals surface area contributed by atoms with Crippen LogP contribution in [0, 0.1) is 5.92 Å². The zero-order valence-electron chi connectivity index (χ0n) is 24.1. The van der Waals surface area contributed by atoms with Crippen LogP contribution in [-0.4, -0.2) is 66.3 Å². The molecular weight excluding hydrogens is 532 g/mol. The van der Waals surface area contributed by atoms with Crippen LogP contribution in [0.4, 0.5) is 11.4 Å². The number of amides is 2. The molecule has 3 aliphatic heterocycles. The highest BCUT2D eigenvalue weighted by Gasteiger charge is 2.50. The molecule has 216 valence electrons. The zero-order chi connectivity index (χ0) is 28.9. The van der Waals surface area contributed by atoms with Crippen LogP contribution in [0.5, 0.6) is 0 Å². The van der Waals surface area contributed by atoms with Crippen molar-refractivity contribution in [3.63, 3.8) is 0 Å². The molecule has 3 aromatic rings. The van der Waals surface area contributed by atoms with Crippen molar-refractivity contribution in [2.24, 2.45) is 5.92 Å². The Balaban J connectivity index is 1.13. The van der Waals surface area contributed by atoms with Crippen LogP contribution < -0.4 is 4.90 Å². The fraction of sp³-hybridized carbons (Fsp3) is 0.455. The molecule has 2 amide bonds. The van der Waals surface area contributed by atoms with Crippen LogP contribution in [0.1, 0.15) is 48.5 Å². The summed E-state index contributed by atoms with van der Waals surface area (Å²) in [5.74, 6) is 0.166. The number of hydrogen-bond acceptors (Lipinski definition) is 5. The monoisotopic (exact) mass is 572 g/mol. The quantitative estimate of drug-likeness (QED) is 0.353. The van der Waals surface area contributed by atoms with E-state index < -0.39 is 8.32 Å². The van der Waals surface area contributed by atoms with Gasteiger partial charge in [0.1, 0.15) is 0 Å². The Bertz CT molecular complexity index is 1450. The molecule has 6 rings (SSSR count). The number of likely N-dealkylation sites (tertiary alicyclic amines) is 1. The van der Waals surface area contributed by atoms with Crippen LogP contribution in [0.15, 0.2) is 60.7 Å². The molecule has 0 saturated carbocycles. The number of aliphatic hydroxyl groups is 1. The average molecular weight is 573 g/mol. The molecular formula is C33H40N2O5Si. The van der Waals surface area contributed by atoms with E-state index in [1.54, 1.807) is 9.80 Å². The van der Waals surface area contributed by atoms with E-state index in [1.807, 2.05) is 61.6 Å². The Hall–Kier alpha value is -3.04. The van der Waals surface area contributed by atoms with E-state index in [9.17, 15) is 19.5 Å². The van der Waals surface area contributed by atoms with Gasteiger partial charge in [0.25, 0.3) is 5.91 Å². The van der Waals surface area contributed by atoms with Crippen LogP contribution in [0.2, 0.25) is 18.6 Å². The molecule has 2 saturated heterocycles. The van der Waals surface area contributed by atoms with Gasteiger partial charge in [-0.1, -0.05) is 43.3 Å². The number of benzene rings is 3. The maximum atomic E-state index is 13.3. The number of carbonyl (C=O) groups excluding carboxylic acids is 2. The van der Waals surface area contributed by atoms with Crippen molar-refractivity contribution in [2.45, 2.75) is 75.9 Å². The molecule has 8 heteroatoms. The van der Waals surface area contributed by atoms with E-state index in [-0.39, 0.29) is 54.6 Å². The smallest absolute Gasteiger partial charge is 0.263 e. The number of anilines is 2. The van der Waals surface area contributed by atoms with Gasteiger partial charge in [-0.05, 0) is 79.9 Å². The van der Waals surface area contributed by atoms with E-state index in [4.69, 9.17) is 4.74 Å². The average Bonchev–Trinajstić information content (AvgIpc) is 3.63. The lowest BCUT2D eigenvalue weighted by atomic mass is 9.95. The molecule has 2 fully saturated rings. The van der Waals surface area contributed by atoms with Crippen molar-refractivity contribution in [1.82, 2.24) is 4.90 Å². The molecule has 0 radical (unpaired) electrons. The molecule has 3 aromatic carbocycles. The van der Waals surface area contributed by atoms with E-state index in [0.717, 1.165) is 59.0 Å². The third-order valence-corrected chi connectivity index (χ3v) is 12.0. The Morgan fingerprint density at radius 1 is 1.05 bits per heavy atom. The third-order valence-electron chi connectivity index (χ3n) is 9.47. The fourth-order valence-electron chi connectivity index (χ4n) is 7.54. The van der Waals surface area contributed by atoms with Crippen molar-refractivity contribution < 1.29 is 24.2 Å². The van der Waals surface area contributed by atoms with Gasteiger partial charge in [-0.2, -0.15) is 0 Å². The van der Waals surface area contributed by atoms with Crippen molar-refractivity contribution in [3.05, 3.63) is 71.8 Å². The Kier molecular flexibility index (Phi) is 7.53. The molecule has 0 bridgehead atoms. The third kappa shape index (κ3) is 5.12. The summed E-state index contributed by atoms with van der Waals surface area (Å²) in [5.41, 5.74) is 3.64. The van der Waals surface area contributed by atoms with E-state index in [0.29, 0.717) is 6.54 Å². The summed E-state index contributed by atoms with van der Waals surface area (Å²) in [5, 5.41) is 11.8. The first-order valence-electron chi connectivity index (χ1n) is 14.9. The second kappa shape index (κ2) is 11.0. The fourth-order valence-corrected chi connectivity index (χ4v) is 10.2. The van der Waals surface area contributed by atoms with Crippen molar-refractivity contribution in [1.29, 1.82) is 0 Å². The molecule has 3 heterocycles. The highest BCUT2D eigenvalue weighted by atomic mass is 28.4. The Morgan fingerprint density at radius 2 is 1.78 bits per heavy atom. The summed E-state index contributed by atoms with van der Waals surface area (Å²) >= 11 is 0. The first-order chi connectivity index (χ1) is 19.7. The Labute approximate surface area is 242 Å².